The van der Waals surface area contributed by atoms with Gasteiger partial charge in [-0.05, 0) is 45.0 Å². The van der Waals surface area contributed by atoms with E-state index in [1.54, 1.807) is 38.1 Å². The zero-order valence-electron chi connectivity index (χ0n) is 11.8. The fourth-order valence-electron chi connectivity index (χ4n) is 1.35. The minimum atomic E-state index is -0.810. The van der Waals surface area contributed by atoms with Gasteiger partial charge in [0, 0.05) is 17.8 Å². The number of carbonyl (C=O) groups is 3. The molecule has 0 saturated carbocycles. The SMILES string of the molecule is CC(=O)c1ccc(NC(=O)NCC(C)(C)C(N)=O)cc1. The Morgan fingerprint density at radius 1 is 1.15 bits per heavy atom. The number of benzene rings is 1. The van der Waals surface area contributed by atoms with Gasteiger partial charge in [0.1, 0.15) is 0 Å². The molecular weight excluding hydrogens is 258 g/mol. The van der Waals surface area contributed by atoms with Gasteiger partial charge in [0.2, 0.25) is 5.91 Å². The molecule has 0 saturated heterocycles. The van der Waals surface area contributed by atoms with Gasteiger partial charge in [-0.2, -0.15) is 0 Å². The lowest BCUT2D eigenvalue weighted by molar-refractivity contribution is -0.125. The number of Topliss-reactive ketones (excluding diaryl/α,β-unsaturated/α-hetero) is 1. The van der Waals surface area contributed by atoms with Gasteiger partial charge in [0.15, 0.2) is 5.78 Å². The Bertz CT molecular complexity index is 521. The zero-order valence-corrected chi connectivity index (χ0v) is 11.8. The summed E-state index contributed by atoms with van der Waals surface area (Å²) in [6, 6.07) is 6.09. The Kier molecular flexibility index (Phi) is 4.85. The highest BCUT2D eigenvalue weighted by Crippen LogP contribution is 2.13. The first kappa shape index (κ1) is 15.7. The van der Waals surface area contributed by atoms with Crippen molar-refractivity contribution in [2.24, 2.45) is 11.1 Å². The van der Waals surface area contributed by atoms with Gasteiger partial charge in [-0.15, -0.1) is 0 Å². The third-order valence-electron chi connectivity index (χ3n) is 2.91. The highest BCUT2D eigenvalue weighted by Gasteiger charge is 2.25. The summed E-state index contributed by atoms with van der Waals surface area (Å²) >= 11 is 0. The molecule has 0 atom stereocenters. The lowest BCUT2D eigenvalue weighted by atomic mass is 9.93. The van der Waals surface area contributed by atoms with E-state index in [1.165, 1.54) is 6.92 Å². The molecule has 1 rings (SSSR count). The summed E-state index contributed by atoms with van der Waals surface area (Å²) < 4.78 is 0. The number of ketones is 1. The molecule has 0 radical (unpaired) electrons. The van der Waals surface area contributed by atoms with Crippen LogP contribution in [0.25, 0.3) is 0 Å². The first-order valence-electron chi connectivity index (χ1n) is 6.18. The molecule has 1 aromatic carbocycles. The largest absolute Gasteiger partial charge is 0.369 e. The van der Waals surface area contributed by atoms with Crippen LogP contribution in [0.3, 0.4) is 0 Å². The number of rotatable bonds is 5. The van der Waals surface area contributed by atoms with E-state index in [4.69, 9.17) is 5.73 Å². The third kappa shape index (κ3) is 4.38. The Morgan fingerprint density at radius 2 is 1.70 bits per heavy atom. The van der Waals surface area contributed by atoms with Crippen LogP contribution >= 0.6 is 0 Å². The maximum absolute atomic E-state index is 11.7. The zero-order chi connectivity index (χ0) is 15.3. The van der Waals surface area contributed by atoms with Crippen molar-refractivity contribution in [2.45, 2.75) is 20.8 Å². The molecular formula is C14H19N3O3. The van der Waals surface area contributed by atoms with E-state index in [-0.39, 0.29) is 12.3 Å². The maximum Gasteiger partial charge on any atom is 0.319 e. The summed E-state index contributed by atoms with van der Waals surface area (Å²) in [5, 5.41) is 5.18. The van der Waals surface area contributed by atoms with E-state index >= 15 is 0 Å². The number of hydrogen-bond donors (Lipinski definition) is 3. The van der Waals surface area contributed by atoms with Crippen molar-refractivity contribution < 1.29 is 14.4 Å². The third-order valence-corrected chi connectivity index (χ3v) is 2.91. The Morgan fingerprint density at radius 3 is 2.15 bits per heavy atom. The van der Waals surface area contributed by atoms with Crippen molar-refractivity contribution >= 4 is 23.4 Å². The number of carbonyl (C=O) groups excluding carboxylic acids is 3. The second-order valence-corrected chi connectivity index (χ2v) is 5.19. The highest BCUT2D eigenvalue weighted by molar-refractivity contribution is 5.95. The smallest absolute Gasteiger partial charge is 0.319 e. The lowest BCUT2D eigenvalue weighted by Crippen LogP contribution is -2.43. The fraction of sp³-hybridized carbons (Fsp3) is 0.357. The number of anilines is 1. The first-order valence-corrected chi connectivity index (χ1v) is 6.18. The van der Waals surface area contributed by atoms with Gasteiger partial charge >= 0.3 is 6.03 Å². The molecule has 4 N–H and O–H groups in total. The summed E-state index contributed by atoms with van der Waals surface area (Å²) in [6.45, 7) is 4.91. The second-order valence-electron chi connectivity index (χ2n) is 5.19. The van der Waals surface area contributed by atoms with Crippen LogP contribution in [0.5, 0.6) is 0 Å². The lowest BCUT2D eigenvalue weighted by Gasteiger charge is -2.20. The van der Waals surface area contributed by atoms with Gasteiger partial charge < -0.3 is 16.4 Å². The van der Waals surface area contributed by atoms with Crippen LogP contribution in [0.4, 0.5) is 10.5 Å². The molecule has 0 aliphatic carbocycles. The van der Waals surface area contributed by atoms with E-state index < -0.39 is 17.4 Å². The number of amides is 3. The average Bonchev–Trinajstić information content (AvgIpc) is 2.37. The van der Waals surface area contributed by atoms with Crippen molar-refractivity contribution in [3.63, 3.8) is 0 Å². The van der Waals surface area contributed by atoms with Crippen molar-refractivity contribution in [1.29, 1.82) is 0 Å². The van der Waals surface area contributed by atoms with Crippen LogP contribution in [0, 0.1) is 5.41 Å². The summed E-state index contributed by atoms with van der Waals surface area (Å²) in [4.78, 5) is 33.9. The van der Waals surface area contributed by atoms with E-state index in [2.05, 4.69) is 10.6 Å². The van der Waals surface area contributed by atoms with Crippen molar-refractivity contribution in [3.05, 3.63) is 29.8 Å². The van der Waals surface area contributed by atoms with Crippen LogP contribution in [-0.4, -0.2) is 24.3 Å². The number of nitrogens with one attached hydrogen (secondary N) is 2. The minimum absolute atomic E-state index is 0.0378. The van der Waals surface area contributed by atoms with E-state index in [0.29, 0.717) is 11.3 Å². The quantitative estimate of drug-likeness (QED) is 0.711. The van der Waals surface area contributed by atoms with Crippen LogP contribution in [0.2, 0.25) is 0 Å². The number of urea groups is 1. The number of nitrogens with two attached hydrogens (primary N) is 1. The molecule has 0 aliphatic rings. The average molecular weight is 277 g/mol. The Labute approximate surface area is 117 Å². The minimum Gasteiger partial charge on any atom is -0.369 e. The maximum atomic E-state index is 11.7. The van der Waals surface area contributed by atoms with Crippen LogP contribution in [0.15, 0.2) is 24.3 Å². The normalized spacial score (nSPS) is 10.8. The van der Waals surface area contributed by atoms with Crippen molar-refractivity contribution in [2.75, 3.05) is 11.9 Å². The van der Waals surface area contributed by atoms with Gasteiger partial charge in [-0.1, -0.05) is 0 Å². The van der Waals surface area contributed by atoms with E-state index in [0.717, 1.165) is 0 Å². The van der Waals surface area contributed by atoms with Crippen molar-refractivity contribution in [1.82, 2.24) is 5.32 Å². The van der Waals surface area contributed by atoms with Gasteiger partial charge in [-0.25, -0.2) is 4.79 Å². The van der Waals surface area contributed by atoms with Crippen molar-refractivity contribution in [3.8, 4) is 0 Å². The molecule has 6 nitrogen and oxygen atoms in total. The monoisotopic (exact) mass is 277 g/mol. The fourth-order valence-corrected chi connectivity index (χ4v) is 1.35. The molecule has 20 heavy (non-hydrogen) atoms. The topological polar surface area (TPSA) is 101 Å². The standard InChI is InChI=1S/C14H19N3O3/c1-9(18)10-4-6-11(7-5-10)17-13(20)16-8-14(2,3)12(15)19/h4-7H,8H2,1-3H3,(H2,15,19)(H2,16,17,20). The molecule has 0 heterocycles. The molecule has 0 unspecified atom stereocenters. The van der Waals surface area contributed by atoms with Crippen LogP contribution in [0.1, 0.15) is 31.1 Å². The highest BCUT2D eigenvalue weighted by atomic mass is 16.2. The number of hydrogen-bond acceptors (Lipinski definition) is 3. The predicted octanol–water partition coefficient (Wildman–Crippen LogP) is 1.52. The summed E-state index contributed by atoms with van der Waals surface area (Å²) in [7, 11) is 0. The molecule has 0 spiro atoms. The summed E-state index contributed by atoms with van der Waals surface area (Å²) in [5.41, 5.74) is 5.54. The van der Waals surface area contributed by atoms with Gasteiger partial charge in [-0.3, -0.25) is 9.59 Å². The number of primary amides is 1. The molecule has 0 aromatic heterocycles. The molecule has 1 aromatic rings. The van der Waals surface area contributed by atoms with Gasteiger partial charge in [0.25, 0.3) is 0 Å². The van der Waals surface area contributed by atoms with E-state index in [9.17, 15) is 14.4 Å². The predicted molar refractivity (Wildman–Crippen MR) is 76.4 cm³/mol. The van der Waals surface area contributed by atoms with Crippen LogP contribution in [-0.2, 0) is 4.79 Å². The molecule has 0 fully saturated rings. The Hall–Kier alpha value is -2.37. The van der Waals surface area contributed by atoms with E-state index in [1.807, 2.05) is 0 Å². The Balaban J connectivity index is 2.54. The molecule has 6 heteroatoms. The molecule has 0 aliphatic heterocycles. The molecule has 0 bridgehead atoms. The molecule has 3 amide bonds. The van der Waals surface area contributed by atoms with Crippen LogP contribution < -0.4 is 16.4 Å². The first-order chi connectivity index (χ1) is 9.22. The molecule has 108 valence electrons. The summed E-state index contributed by atoms with van der Waals surface area (Å²) in [6.07, 6.45) is 0. The second kappa shape index (κ2) is 6.18. The summed E-state index contributed by atoms with van der Waals surface area (Å²) in [5.74, 6) is -0.521. The van der Waals surface area contributed by atoms with Gasteiger partial charge in [0.05, 0.1) is 5.41 Å².